The van der Waals surface area contributed by atoms with Crippen molar-refractivity contribution in [3.63, 3.8) is 0 Å². The molecule has 0 unspecified atom stereocenters. The molecule has 112 valence electrons. The van der Waals surface area contributed by atoms with Crippen LogP contribution in [0.25, 0.3) is 0 Å². The Hall–Kier alpha value is -1.54. The Morgan fingerprint density at radius 1 is 1.14 bits per heavy atom. The Bertz CT molecular complexity index is 612. The van der Waals surface area contributed by atoms with E-state index in [-0.39, 0.29) is 5.91 Å². The average Bonchev–Trinajstić information content (AvgIpc) is 2.81. The number of carbonyl (C=O) groups excluding carboxylic acids is 1. The van der Waals surface area contributed by atoms with Gasteiger partial charge >= 0.3 is 6.18 Å². The molecule has 0 aliphatic carbocycles. The minimum Gasteiger partial charge on any atom is -0.305 e. The summed E-state index contributed by atoms with van der Waals surface area (Å²) in [6.45, 7) is 1.54. The highest BCUT2D eigenvalue weighted by molar-refractivity contribution is 9.11. The molecule has 1 aromatic rings. The van der Waals surface area contributed by atoms with Crippen molar-refractivity contribution >= 4 is 27.5 Å². The summed E-state index contributed by atoms with van der Waals surface area (Å²) in [6, 6.07) is 4.64. The van der Waals surface area contributed by atoms with E-state index in [0.29, 0.717) is 31.0 Å². The highest BCUT2D eigenvalue weighted by Crippen LogP contribution is 2.32. The summed E-state index contributed by atoms with van der Waals surface area (Å²) in [5, 5.41) is 1.76. The SMILES string of the molecule is O=C1C2=C(Br)CNN2CCN1c1ccc(C(F)(F)F)cc1. The summed E-state index contributed by atoms with van der Waals surface area (Å²) >= 11 is 3.34. The van der Waals surface area contributed by atoms with E-state index >= 15 is 0 Å². The standard InChI is InChI=1S/C13H11BrF3N3O/c14-10-7-18-20-6-5-19(12(21)11(10)20)9-3-1-8(2-4-9)13(15,16)17/h1-4,18H,5-7H2. The Labute approximate surface area is 127 Å². The van der Waals surface area contributed by atoms with Crippen LogP contribution in [0, 0.1) is 0 Å². The van der Waals surface area contributed by atoms with Crippen LogP contribution in [0.5, 0.6) is 0 Å². The van der Waals surface area contributed by atoms with Gasteiger partial charge < -0.3 is 9.91 Å². The summed E-state index contributed by atoms with van der Waals surface area (Å²) in [4.78, 5) is 13.9. The maximum atomic E-state index is 12.6. The van der Waals surface area contributed by atoms with Gasteiger partial charge in [-0.05, 0) is 24.3 Å². The van der Waals surface area contributed by atoms with Crippen LogP contribution < -0.4 is 10.3 Å². The fraction of sp³-hybridized carbons (Fsp3) is 0.308. The average molecular weight is 362 g/mol. The maximum absolute atomic E-state index is 12.6. The number of hydrazine groups is 1. The van der Waals surface area contributed by atoms with Gasteiger partial charge in [-0.2, -0.15) is 13.2 Å². The van der Waals surface area contributed by atoms with Crippen molar-refractivity contribution in [3.05, 3.63) is 40.0 Å². The third kappa shape index (κ3) is 2.53. The van der Waals surface area contributed by atoms with Gasteiger partial charge in [0.05, 0.1) is 12.1 Å². The number of hydrogen-bond acceptors (Lipinski definition) is 3. The van der Waals surface area contributed by atoms with Crippen molar-refractivity contribution in [2.75, 3.05) is 24.5 Å². The normalized spacial score (nSPS) is 19.3. The highest BCUT2D eigenvalue weighted by Gasteiger charge is 2.36. The lowest BCUT2D eigenvalue weighted by Crippen LogP contribution is -2.50. The molecular weight excluding hydrogens is 351 g/mol. The number of halogens is 4. The van der Waals surface area contributed by atoms with Crippen molar-refractivity contribution in [2.24, 2.45) is 0 Å². The number of alkyl halides is 3. The Morgan fingerprint density at radius 2 is 1.81 bits per heavy atom. The topological polar surface area (TPSA) is 35.6 Å². The van der Waals surface area contributed by atoms with Crippen molar-refractivity contribution in [2.45, 2.75) is 6.18 Å². The summed E-state index contributed by atoms with van der Waals surface area (Å²) in [7, 11) is 0. The molecule has 1 fully saturated rings. The van der Waals surface area contributed by atoms with E-state index in [1.807, 2.05) is 0 Å². The van der Waals surface area contributed by atoms with Gasteiger partial charge in [0.25, 0.3) is 5.91 Å². The van der Waals surface area contributed by atoms with Gasteiger partial charge in [0, 0.05) is 23.3 Å². The molecule has 2 aliphatic rings. The lowest BCUT2D eigenvalue weighted by atomic mass is 10.1. The third-order valence-electron chi connectivity index (χ3n) is 3.45. The number of piperazine rings is 1. The zero-order chi connectivity index (χ0) is 15.2. The van der Waals surface area contributed by atoms with Crippen LogP contribution in [0.15, 0.2) is 34.4 Å². The first kappa shape index (κ1) is 14.4. The van der Waals surface area contributed by atoms with E-state index in [0.717, 1.165) is 16.6 Å². The van der Waals surface area contributed by atoms with E-state index in [4.69, 9.17) is 0 Å². The molecule has 3 rings (SSSR count). The molecule has 1 saturated heterocycles. The lowest BCUT2D eigenvalue weighted by molar-refractivity contribution is -0.137. The fourth-order valence-corrected chi connectivity index (χ4v) is 2.91. The first-order chi connectivity index (χ1) is 9.88. The number of anilines is 1. The number of hydrogen-bond donors (Lipinski definition) is 1. The van der Waals surface area contributed by atoms with E-state index < -0.39 is 11.7 Å². The Kier molecular flexibility index (Phi) is 3.45. The predicted molar refractivity (Wildman–Crippen MR) is 74.5 cm³/mol. The van der Waals surface area contributed by atoms with Crippen LogP contribution >= 0.6 is 15.9 Å². The monoisotopic (exact) mass is 361 g/mol. The second-order valence-electron chi connectivity index (χ2n) is 4.74. The molecule has 0 aromatic heterocycles. The first-order valence-electron chi connectivity index (χ1n) is 6.27. The minimum absolute atomic E-state index is 0.224. The van der Waals surface area contributed by atoms with Gasteiger partial charge in [0.15, 0.2) is 0 Å². The number of nitrogens with one attached hydrogen (secondary N) is 1. The van der Waals surface area contributed by atoms with Crippen molar-refractivity contribution in [3.8, 4) is 0 Å². The molecule has 0 radical (unpaired) electrons. The molecule has 1 amide bonds. The van der Waals surface area contributed by atoms with E-state index in [9.17, 15) is 18.0 Å². The largest absolute Gasteiger partial charge is 0.416 e. The summed E-state index contributed by atoms with van der Waals surface area (Å²) < 4.78 is 38.4. The minimum atomic E-state index is -4.37. The number of amides is 1. The number of rotatable bonds is 1. The van der Waals surface area contributed by atoms with Gasteiger partial charge in [-0.15, -0.1) is 0 Å². The van der Waals surface area contributed by atoms with Crippen molar-refractivity contribution in [1.29, 1.82) is 0 Å². The van der Waals surface area contributed by atoms with Gasteiger partial charge in [0.1, 0.15) is 5.70 Å². The predicted octanol–water partition coefficient (Wildman–Crippen LogP) is 2.48. The summed E-state index contributed by atoms with van der Waals surface area (Å²) in [6.07, 6.45) is -4.37. The van der Waals surface area contributed by atoms with Crippen LogP contribution in [0.4, 0.5) is 18.9 Å². The van der Waals surface area contributed by atoms with Crippen LogP contribution in [0.3, 0.4) is 0 Å². The first-order valence-corrected chi connectivity index (χ1v) is 7.06. The second-order valence-corrected chi connectivity index (χ2v) is 5.70. The molecule has 4 nitrogen and oxygen atoms in total. The number of nitrogens with zero attached hydrogens (tertiary/aromatic N) is 2. The quantitative estimate of drug-likeness (QED) is 0.834. The van der Waals surface area contributed by atoms with Gasteiger partial charge in [-0.3, -0.25) is 4.79 Å². The molecule has 0 spiro atoms. The van der Waals surface area contributed by atoms with Gasteiger partial charge in [0.2, 0.25) is 0 Å². The summed E-state index contributed by atoms with van der Waals surface area (Å²) in [5.41, 5.74) is 3.31. The van der Waals surface area contributed by atoms with Crippen LogP contribution in [0.1, 0.15) is 5.56 Å². The van der Waals surface area contributed by atoms with Crippen LogP contribution in [0.2, 0.25) is 0 Å². The summed E-state index contributed by atoms with van der Waals surface area (Å²) in [5.74, 6) is -0.224. The molecule has 0 bridgehead atoms. The molecule has 1 aromatic carbocycles. The molecule has 0 atom stereocenters. The van der Waals surface area contributed by atoms with Gasteiger partial charge in [-0.25, -0.2) is 5.43 Å². The molecule has 1 N–H and O–H groups in total. The van der Waals surface area contributed by atoms with E-state index in [2.05, 4.69) is 21.4 Å². The smallest absolute Gasteiger partial charge is 0.305 e. The zero-order valence-corrected chi connectivity index (χ0v) is 12.3. The molecule has 0 saturated carbocycles. The molecular formula is C13H11BrF3N3O. The fourth-order valence-electron chi connectivity index (χ4n) is 2.40. The van der Waals surface area contributed by atoms with Crippen LogP contribution in [-0.2, 0) is 11.0 Å². The number of fused-ring (bicyclic) bond motifs is 1. The highest BCUT2D eigenvalue weighted by atomic mass is 79.9. The second kappa shape index (κ2) is 5.03. The molecule has 2 heterocycles. The Balaban J connectivity index is 1.88. The Morgan fingerprint density at radius 3 is 2.43 bits per heavy atom. The molecule has 2 aliphatic heterocycles. The van der Waals surface area contributed by atoms with Crippen LogP contribution in [-0.4, -0.2) is 30.6 Å². The van der Waals surface area contributed by atoms with Gasteiger partial charge in [-0.1, -0.05) is 15.9 Å². The molecule has 21 heavy (non-hydrogen) atoms. The van der Waals surface area contributed by atoms with E-state index in [1.165, 1.54) is 17.0 Å². The van der Waals surface area contributed by atoms with Crippen molar-refractivity contribution in [1.82, 2.24) is 10.4 Å². The zero-order valence-electron chi connectivity index (χ0n) is 10.7. The third-order valence-corrected chi connectivity index (χ3v) is 4.11. The lowest BCUT2D eigenvalue weighted by Gasteiger charge is -2.34. The molecule has 8 heteroatoms. The number of benzene rings is 1. The number of carbonyl (C=O) groups is 1. The maximum Gasteiger partial charge on any atom is 0.416 e. The van der Waals surface area contributed by atoms with Crippen molar-refractivity contribution < 1.29 is 18.0 Å². The van der Waals surface area contributed by atoms with E-state index in [1.54, 1.807) is 5.01 Å².